The monoisotopic (exact) mass is 373 g/mol. The van der Waals surface area contributed by atoms with Gasteiger partial charge in [0.05, 0.1) is 5.56 Å². The van der Waals surface area contributed by atoms with Crippen LogP contribution in [-0.2, 0) is 12.0 Å². The van der Waals surface area contributed by atoms with Gasteiger partial charge in [0.1, 0.15) is 0 Å². The normalized spacial score (nSPS) is 15.9. The molecule has 0 heterocycles. The standard InChI is InChI=1S/C19H20BrNO2/c20-17-4-1-3-16(11-17)19(9-2-10-19)13-21-12-14-5-7-15(8-6-14)18(22)23/h1,3-8,11,21H,2,9-10,12-13H2,(H,22,23). The smallest absolute Gasteiger partial charge is 0.335 e. The lowest BCUT2D eigenvalue weighted by Crippen LogP contribution is -2.43. The molecule has 23 heavy (non-hydrogen) atoms. The average molecular weight is 374 g/mol. The third-order valence-corrected chi connectivity index (χ3v) is 5.23. The van der Waals surface area contributed by atoms with Crippen LogP contribution in [-0.4, -0.2) is 17.6 Å². The van der Waals surface area contributed by atoms with Crippen LogP contribution in [0, 0.1) is 0 Å². The van der Waals surface area contributed by atoms with Crippen molar-refractivity contribution in [2.24, 2.45) is 0 Å². The third kappa shape index (κ3) is 3.65. The first kappa shape index (κ1) is 16.2. The van der Waals surface area contributed by atoms with Gasteiger partial charge in [-0.15, -0.1) is 0 Å². The predicted molar refractivity (Wildman–Crippen MR) is 94.8 cm³/mol. The molecule has 0 radical (unpaired) electrons. The summed E-state index contributed by atoms with van der Waals surface area (Å²) in [4.78, 5) is 10.9. The van der Waals surface area contributed by atoms with Crippen LogP contribution in [0.4, 0.5) is 0 Å². The van der Waals surface area contributed by atoms with E-state index in [4.69, 9.17) is 5.11 Å². The third-order valence-electron chi connectivity index (χ3n) is 4.74. The molecular weight excluding hydrogens is 354 g/mol. The average Bonchev–Trinajstić information content (AvgIpc) is 2.50. The molecule has 0 amide bonds. The van der Waals surface area contributed by atoms with Crippen molar-refractivity contribution in [3.8, 4) is 0 Å². The number of nitrogens with one attached hydrogen (secondary N) is 1. The number of aromatic carboxylic acids is 1. The number of hydrogen-bond donors (Lipinski definition) is 2. The zero-order valence-corrected chi connectivity index (χ0v) is 14.5. The highest BCUT2D eigenvalue weighted by Crippen LogP contribution is 2.43. The van der Waals surface area contributed by atoms with E-state index in [-0.39, 0.29) is 5.41 Å². The summed E-state index contributed by atoms with van der Waals surface area (Å²) in [5.74, 6) is -0.882. The van der Waals surface area contributed by atoms with Crippen molar-refractivity contribution in [3.05, 3.63) is 69.7 Å². The molecule has 1 aliphatic carbocycles. The lowest BCUT2D eigenvalue weighted by Gasteiger charge is -2.43. The van der Waals surface area contributed by atoms with E-state index in [0.29, 0.717) is 5.56 Å². The van der Waals surface area contributed by atoms with Crippen LogP contribution in [0.15, 0.2) is 53.0 Å². The minimum absolute atomic E-state index is 0.241. The van der Waals surface area contributed by atoms with Crippen LogP contribution in [0.1, 0.15) is 40.7 Å². The van der Waals surface area contributed by atoms with Crippen molar-refractivity contribution in [3.63, 3.8) is 0 Å². The van der Waals surface area contributed by atoms with Gasteiger partial charge in [0.25, 0.3) is 0 Å². The van der Waals surface area contributed by atoms with Gasteiger partial charge >= 0.3 is 5.97 Å². The number of carbonyl (C=O) groups is 1. The number of carboxylic acid groups (broad SMARTS) is 1. The Hall–Kier alpha value is -1.65. The Morgan fingerprint density at radius 2 is 1.91 bits per heavy atom. The van der Waals surface area contributed by atoms with Gasteiger partial charge in [-0.05, 0) is 48.2 Å². The Bertz CT molecular complexity index is 693. The Balaban J connectivity index is 1.61. The van der Waals surface area contributed by atoms with Crippen molar-refractivity contribution in [2.45, 2.75) is 31.2 Å². The van der Waals surface area contributed by atoms with Gasteiger partial charge in [-0.3, -0.25) is 0 Å². The fourth-order valence-corrected chi connectivity index (χ4v) is 3.60. The summed E-state index contributed by atoms with van der Waals surface area (Å²) in [7, 11) is 0. The molecule has 1 aliphatic rings. The second-order valence-corrected chi connectivity index (χ2v) is 7.17. The Morgan fingerprint density at radius 3 is 2.48 bits per heavy atom. The van der Waals surface area contributed by atoms with Crippen LogP contribution < -0.4 is 5.32 Å². The highest BCUT2D eigenvalue weighted by molar-refractivity contribution is 9.10. The van der Waals surface area contributed by atoms with Crippen molar-refractivity contribution in [1.29, 1.82) is 0 Å². The summed E-state index contributed by atoms with van der Waals surface area (Å²) < 4.78 is 1.13. The molecule has 3 rings (SSSR count). The fourth-order valence-electron chi connectivity index (χ4n) is 3.20. The molecule has 3 nitrogen and oxygen atoms in total. The molecule has 2 aromatic carbocycles. The maximum absolute atomic E-state index is 10.9. The molecule has 1 fully saturated rings. The summed E-state index contributed by atoms with van der Waals surface area (Å²) in [5, 5.41) is 12.5. The van der Waals surface area contributed by atoms with Crippen molar-refractivity contribution in [2.75, 3.05) is 6.54 Å². The van der Waals surface area contributed by atoms with E-state index >= 15 is 0 Å². The summed E-state index contributed by atoms with van der Waals surface area (Å²) in [6.45, 7) is 1.71. The zero-order chi connectivity index (χ0) is 16.3. The van der Waals surface area contributed by atoms with Gasteiger partial charge in [-0.2, -0.15) is 0 Å². The van der Waals surface area contributed by atoms with E-state index in [1.807, 2.05) is 12.1 Å². The molecule has 4 heteroatoms. The van der Waals surface area contributed by atoms with Crippen LogP contribution in [0.25, 0.3) is 0 Å². The number of hydrogen-bond acceptors (Lipinski definition) is 2. The number of carboxylic acids is 1. The van der Waals surface area contributed by atoms with Crippen molar-refractivity contribution in [1.82, 2.24) is 5.32 Å². The summed E-state index contributed by atoms with van der Waals surface area (Å²) in [5.41, 5.74) is 3.08. The van der Waals surface area contributed by atoms with E-state index in [9.17, 15) is 4.79 Å². The van der Waals surface area contributed by atoms with Gasteiger partial charge in [0, 0.05) is 23.0 Å². The number of halogens is 1. The zero-order valence-electron chi connectivity index (χ0n) is 12.9. The van der Waals surface area contributed by atoms with Crippen molar-refractivity contribution < 1.29 is 9.90 Å². The number of benzene rings is 2. The SMILES string of the molecule is O=C(O)c1ccc(CNCC2(c3cccc(Br)c3)CCC2)cc1. The maximum atomic E-state index is 10.9. The molecule has 2 aromatic rings. The molecule has 0 bridgehead atoms. The van der Waals surface area contributed by atoms with Gasteiger partial charge in [-0.1, -0.05) is 46.6 Å². The van der Waals surface area contributed by atoms with Crippen LogP contribution in [0.2, 0.25) is 0 Å². The second kappa shape index (κ2) is 6.85. The largest absolute Gasteiger partial charge is 0.478 e. The minimum Gasteiger partial charge on any atom is -0.478 e. The van der Waals surface area contributed by atoms with E-state index in [1.165, 1.54) is 24.8 Å². The second-order valence-electron chi connectivity index (χ2n) is 6.25. The molecular formula is C19H20BrNO2. The molecule has 120 valence electrons. The molecule has 0 unspecified atom stereocenters. The topological polar surface area (TPSA) is 49.3 Å². The van der Waals surface area contributed by atoms with Gasteiger partial charge < -0.3 is 10.4 Å². The van der Waals surface area contributed by atoms with Gasteiger partial charge in [0.2, 0.25) is 0 Å². The highest BCUT2D eigenvalue weighted by Gasteiger charge is 2.38. The van der Waals surface area contributed by atoms with E-state index in [0.717, 1.165) is 23.1 Å². The Kier molecular flexibility index (Phi) is 4.83. The Labute approximate surface area is 144 Å². The molecule has 0 saturated heterocycles. The van der Waals surface area contributed by atoms with Gasteiger partial charge in [-0.25, -0.2) is 4.79 Å². The lowest BCUT2D eigenvalue weighted by molar-refractivity contribution is 0.0697. The summed E-state index contributed by atoms with van der Waals surface area (Å²) >= 11 is 3.56. The molecule has 0 aromatic heterocycles. The molecule has 1 saturated carbocycles. The molecule has 0 spiro atoms. The van der Waals surface area contributed by atoms with Gasteiger partial charge in [0.15, 0.2) is 0 Å². The quantitative estimate of drug-likeness (QED) is 0.790. The minimum atomic E-state index is -0.882. The van der Waals surface area contributed by atoms with E-state index < -0.39 is 5.97 Å². The fraction of sp³-hybridized carbons (Fsp3) is 0.316. The first-order chi connectivity index (χ1) is 11.1. The highest BCUT2D eigenvalue weighted by atomic mass is 79.9. The lowest BCUT2D eigenvalue weighted by atomic mass is 9.64. The van der Waals surface area contributed by atoms with Crippen LogP contribution in [0.5, 0.6) is 0 Å². The predicted octanol–water partition coefficient (Wildman–Crippen LogP) is 4.36. The van der Waals surface area contributed by atoms with Crippen LogP contribution in [0.3, 0.4) is 0 Å². The molecule has 2 N–H and O–H groups in total. The van der Waals surface area contributed by atoms with Crippen LogP contribution >= 0.6 is 15.9 Å². The first-order valence-corrected chi connectivity index (χ1v) is 8.67. The summed E-state index contributed by atoms with van der Waals surface area (Å²) in [6, 6.07) is 15.7. The van der Waals surface area contributed by atoms with E-state index in [2.05, 4.69) is 45.5 Å². The Morgan fingerprint density at radius 1 is 1.17 bits per heavy atom. The summed E-state index contributed by atoms with van der Waals surface area (Å²) in [6.07, 6.45) is 3.71. The first-order valence-electron chi connectivity index (χ1n) is 7.88. The molecule has 0 atom stereocenters. The van der Waals surface area contributed by atoms with Crippen molar-refractivity contribution >= 4 is 21.9 Å². The van der Waals surface area contributed by atoms with E-state index in [1.54, 1.807) is 12.1 Å². The number of rotatable bonds is 6. The maximum Gasteiger partial charge on any atom is 0.335 e. The molecule has 0 aliphatic heterocycles.